The Balaban J connectivity index is 1.14. The highest BCUT2D eigenvalue weighted by Crippen LogP contribution is 2.29. The lowest BCUT2D eigenvalue weighted by Crippen LogP contribution is -2.52. The molecule has 2 aliphatic rings. The Morgan fingerprint density at radius 1 is 1.05 bits per heavy atom. The van der Waals surface area contributed by atoms with Gasteiger partial charge < -0.3 is 9.80 Å². The van der Waals surface area contributed by atoms with E-state index >= 15 is 0 Å². The number of nitrogens with zero attached hydrogens (tertiary/aromatic N) is 7. The van der Waals surface area contributed by atoms with Crippen molar-refractivity contribution in [2.45, 2.75) is 32.0 Å². The van der Waals surface area contributed by atoms with E-state index in [1.54, 1.807) is 47.2 Å². The van der Waals surface area contributed by atoms with Crippen LogP contribution in [0.3, 0.4) is 0 Å². The molecular formula is C27H24N8O4. The second-order valence-electron chi connectivity index (χ2n) is 9.58. The number of fused-ring (bicyclic) bond motifs is 1. The van der Waals surface area contributed by atoms with Crippen molar-refractivity contribution in [2.75, 3.05) is 7.05 Å². The fraction of sp³-hybridized carbons (Fsp3) is 0.222. The molecule has 6 rings (SSSR count). The van der Waals surface area contributed by atoms with E-state index in [1.165, 1.54) is 9.58 Å². The van der Waals surface area contributed by atoms with Gasteiger partial charge in [0.05, 0.1) is 23.8 Å². The molecule has 4 aromatic rings. The molecule has 0 saturated carbocycles. The van der Waals surface area contributed by atoms with Crippen LogP contribution in [-0.2, 0) is 22.7 Å². The van der Waals surface area contributed by atoms with Crippen molar-refractivity contribution in [3.05, 3.63) is 89.5 Å². The van der Waals surface area contributed by atoms with Crippen molar-refractivity contribution < 1.29 is 19.2 Å². The average Bonchev–Trinajstić information content (AvgIpc) is 3.68. The summed E-state index contributed by atoms with van der Waals surface area (Å²) in [4.78, 5) is 52.8. The van der Waals surface area contributed by atoms with Gasteiger partial charge in [-0.1, -0.05) is 23.4 Å². The third-order valence-electron chi connectivity index (χ3n) is 6.91. The van der Waals surface area contributed by atoms with Crippen molar-refractivity contribution in [1.29, 1.82) is 0 Å². The number of benzene rings is 2. The highest BCUT2D eigenvalue weighted by Gasteiger charge is 2.39. The first kappa shape index (κ1) is 24.2. The van der Waals surface area contributed by atoms with Crippen LogP contribution in [0.25, 0.3) is 11.4 Å². The van der Waals surface area contributed by atoms with E-state index in [9.17, 15) is 19.2 Å². The second kappa shape index (κ2) is 9.63. The van der Waals surface area contributed by atoms with Crippen molar-refractivity contribution >= 4 is 23.6 Å². The molecule has 1 N–H and O–H groups in total. The quantitative estimate of drug-likeness (QED) is 0.378. The highest BCUT2D eigenvalue weighted by atomic mass is 16.2. The lowest BCUT2D eigenvalue weighted by molar-refractivity contribution is -0.136. The molecule has 196 valence electrons. The van der Waals surface area contributed by atoms with E-state index in [0.717, 1.165) is 16.8 Å². The number of hydrogen-bond acceptors (Lipinski definition) is 7. The van der Waals surface area contributed by atoms with E-state index in [2.05, 4.69) is 20.7 Å². The van der Waals surface area contributed by atoms with Gasteiger partial charge in [0.15, 0.2) is 5.69 Å². The van der Waals surface area contributed by atoms with Gasteiger partial charge in [0.1, 0.15) is 6.04 Å². The molecule has 1 atom stereocenters. The number of carbonyl (C=O) groups excluding carboxylic acids is 4. The molecule has 0 spiro atoms. The molecule has 0 bridgehead atoms. The summed E-state index contributed by atoms with van der Waals surface area (Å²) in [6, 6.07) is 14.2. The number of nitrogens with one attached hydrogen (secondary N) is 1. The van der Waals surface area contributed by atoms with E-state index in [0.29, 0.717) is 24.2 Å². The Bertz CT molecular complexity index is 1610. The molecule has 1 saturated heterocycles. The van der Waals surface area contributed by atoms with Crippen molar-refractivity contribution in [2.24, 2.45) is 0 Å². The minimum absolute atomic E-state index is 0.176. The number of rotatable bonds is 6. The Kier molecular flexibility index (Phi) is 5.98. The van der Waals surface area contributed by atoms with Crippen molar-refractivity contribution in [3.63, 3.8) is 0 Å². The van der Waals surface area contributed by atoms with E-state index < -0.39 is 11.9 Å². The maximum absolute atomic E-state index is 13.0. The molecule has 2 aromatic heterocycles. The molecule has 2 aliphatic heterocycles. The van der Waals surface area contributed by atoms with Crippen molar-refractivity contribution in [1.82, 2.24) is 39.9 Å². The van der Waals surface area contributed by atoms with Crippen LogP contribution in [0.15, 0.2) is 67.1 Å². The summed E-state index contributed by atoms with van der Waals surface area (Å²) in [6.07, 6.45) is 5.63. The number of amides is 4. The predicted octanol–water partition coefficient (Wildman–Crippen LogP) is 1.49. The lowest BCUT2D eigenvalue weighted by atomic mass is 10.0. The van der Waals surface area contributed by atoms with E-state index in [4.69, 9.17) is 0 Å². The largest absolute Gasteiger partial charge is 0.336 e. The molecule has 0 aliphatic carbocycles. The number of hydrogen-bond donors (Lipinski definition) is 1. The summed E-state index contributed by atoms with van der Waals surface area (Å²) in [5.41, 5.74) is 3.83. The minimum Gasteiger partial charge on any atom is -0.336 e. The van der Waals surface area contributed by atoms with Gasteiger partial charge in [-0.05, 0) is 42.3 Å². The van der Waals surface area contributed by atoms with Gasteiger partial charge in [-0.2, -0.15) is 5.10 Å². The standard InChI is InChI=1S/C27H24N8O4/c1-32(13-17-12-28-34(14-17)19-5-3-2-4-6-19)27(39)22-16-35(31-30-22)20-7-8-21-18(11-20)15-33(26(21)38)23-9-10-24(36)29-25(23)37/h2-8,11-12,14,16,23H,9-10,13,15H2,1H3,(H,29,36,37). The van der Waals surface area contributed by atoms with Crippen LogP contribution in [0.2, 0.25) is 0 Å². The van der Waals surface area contributed by atoms with Gasteiger partial charge in [-0.25, -0.2) is 9.36 Å². The number of para-hydroxylation sites is 1. The fourth-order valence-electron chi connectivity index (χ4n) is 4.90. The van der Waals surface area contributed by atoms with Gasteiger partial charge in [0, 0.05) is 43.9 Å². The molecule has 12 nitrogen and oxygen atoms in total. The number of piperidine rings is 1. The number of aromatic nitrogens is 5. The van der Waals surface area contributed by atoms with Crippen LogP contribution >= 0.6 is 0 Å². The molecule has 1 fully saturated rings. The van der Waals surface area contributed by atoms with Crippen LogP contribution in [0.1, 0.15) is 44.8 Å². The summed E-state index contributed by atoms with van der Waals surface area (Å²) < 4.78 is 3.23. The average molecular weight is 525 g/mol. The Morgan fingerprint density at radius 2 is 1.87 bits per heavy atom. The monoisotopic (exact) mass is 524 g/mol. The maximum Gasteiger partial charge on any atom is 0.276 e. The number of carbonyl (C=O) groups is 4. The van der Waals surface area contributed by atoms with Crippen LogP contribution in [0, 0.1) is 0 Å². The Hall–Kier alpha value is -5.13. The smallest absolute Gasteiger partial charge is 0.276 e. The zero-order valence-corrected chi connectivity index (χ0v) is 21.0. The highest BCUT2D eigenvalue weighted by molar-refractivity contribution is 6.05. The zero-order chi connectivity index (χ0) is 27.1. The van der Waals surface area contributed by atoms with Crippen LogP contribution in [0.4, 0.5) is 0 Å². The lowest BCUT2D eigenvalue weighted by Gasteiger charge is -2.29. The molecule has 4 amide bonds. The zero-order valence-electron chi connectivity index (χ0n) is 21.0. The normalized spacial score (nSPS) is 16.8. The van der Waals surface area contributed by atoms with Gasteiger partial charge in [-0.15, -0.1) is 5.10 Å². The SMILES string of the molecule is CN(Cc1cnn(-c2ccccc2)c1)C(=O)c1cn(-c2ccc3c(c2)CN(C2CCC(=O)NC2=O)C3=O)nn1. The fourth-order valence-corrected chi connectivity index (χ4v) is 4.90. The van der Waals surface area contributed by atoms with Crippen LogP contribution < -0.4 is 5.32 Å². The first-order chi connectivity index (χ1) is 18.9. The van der Waals surface area contributed by atoms with Gasteiger partial charge >= 0.3 is 0 Å². The van der Waals surface area contributed by atoms with Gasteiger partial charge in [0.2, 0.25) is 11.8 Å². The summed E-state index contributed by atoms with van der Waals surface area (Å²) in [5.74, 6) is -1.33. The maximum atomic E-state index is 13.0. The molecule has 1 unspecified atom stereocenters. The summed E-state index contributed by atoms with van der Waals surface area (Å²) in [6.45, 7) is 0.587. The summed E-state index contributed by atoms with van der Waals surface area (Å²) in [5, 5.41) is 14.9. The molecule has 39 heavy (non-hydrogen) atoms. The Morgan fingerprint density at radius 3 is 2.67 bits per heavy atom. The minimum atomic E-state index is -0.683. The topological polar surface area (TPSA) is 135 Å². The summed E-state index contributed by atoms with van der Waals surface area (Å²) in [7, 11) is 1.69. The Labute approximate surface area is 222 Å². The van der Waals surface area contributed by atoms with Gasteiger partial charge in [-0.3, -0.25) is 24.5 Å². The van der Waals surface area contributed by atoms with Crippen molar-refractivity contribution in [3.8, 4) is 11.4 Å². The molecular weight excluding hydrogens is 500 g/mol. The second-order valence-corrected chi connectivity index (χ2v) is 9.58. The first-order valence-electron chi connectivity index (χ1n) is 12.4. The molecule has 4 heterocycles. The third kappa shape index (κ3) is 4.56. The number of imide groups is 1. The van der Waals surface area contributed by atoms with Crippen LogP contribution in [-0.4, -0.2) is 71.3 Å². The predicted molar refractivity (Wildman–Crippen MR) is 137 cm³/mol. The van der Waals surface area contributed by atoms with Gasteiger partial charge in [0.25, 0.3) is 11.8 Å². The molecule has 0 radical (unpaired) electrons. The first-order valence-corrected chi connectivity index (χ1v) is 12.4. The van der Waals surface area contributed by atoms with E-state index in [1.807, 2.05) is 36.5 Å². The molecule has 12 heteroatoms. The third-order valence-corrected chi connectivity index (χ3v) is 6.91. The summed E-state index contributed by atoms with van der Waals surface area (Å²) >= 11 is 0. The molecule has 2 aromatic carbocycles. The van der Waals surface area contributed by atoms with E-state index in [-0.39, 0.29) is 36.4 Å². The van der Waals surface area contributed by atoms with Crippen LogP contribution in [0.5, 0.6) is 0 Å².